The van der Waals surface area contributed by atoms with E-state index in [4.69, 9.17) is 9.47 Å². The van der Waals surface area contributed by atoms with E-state index in [2.05, 4.69) is 0 Å². The van der Waals surface area contributed by atoms with Crippen LogP contribution in [-0.2, 0) is 9.47 Å². The summed E-state index contributed by atoms with van der Waals surface area (Å²) in [7, 11) is 0. The number of hydrogen-bond donors (Lipinski definition) is 1. The lowest BCUT2D eigenvalue weighted by Crippen LogP contribution is -2.20. The fourth-order valence-electron chi connectivity index (χ4n) is 5.05. The molecular formula is C24H10O6. The van der Waals surface area contributed by atoms with Crippen LogP contribution in [0.1, 0.15) is 42.9 Å². The van der Waals surface area contributed by atoms with E-state index in [0.717, 1.165) is 32.3 Å². The van der Waals surface area contributed by atoms with E-state index in [0.29, 0.717) is 33.0 Å². The average molecular weight is 394 g/mol. The summed E-state index contributed by atoms with van der Waals surface area (Å²) in [6.45, 7) is 0. The van der Waals surface area contributed by atoms with Gasteiger partial charge >= 0.3 is 17.9 Å². The number of ether oxygens (including phenoxy) is 2. The quantitative estimate of drug-likeness (QED) is 0.183. The minimum Gasteiger partial charge on any atom is -0.428 e. The van der Waals surface area contributed by atoms with Crippen molar-refractivity contribution in [3.05, 3.63) is 70.8 Å². The number of aliphatic hydroxyl groups excluding tert-OH is 1. The zero-order chi connectivity index (χ0) is 20.3. The van der Waals surface area contributed by atoms with Crippen LogP contribution in [0.25, 0.3) is 43.1 Å². The number of esters is 3. The second kappa shape index (κ2) is 4.93. The zero-order valence-electron chi connectivity index (χ0n) is 15.2. The van der Waals surface area contributed by atoms with E-state index >= 15 is 0 Å². The summed E-state index contributed by atoms with van der Waals surface area (Å²) < 4.78 is 9.95. The summed E-state index contributed by atoms with van der Waals surface area (Å²) in [5.74, 6) is -1.88. The van der Waals surface area contributed by atoms with Crippen LogP contribution in [-0.4, -0.2) is 23.0 Å². The highest BCUT2D eigenvalue weighted by atomic mass is 16.6. The van der Waals surface area contributed by atoms with Gasteiger partial charge in [0.05, 0.1) is 16.7 Å². The van der Waals surface area contributed by atoms with Crippen LogP contribution in [0.4, 0.5) is 0 Å². The molecule has 5 aromatic carbocycles. The van der Waals surface area contributed by atoms with Crippen molar-refractivity contribution in [3.63, 3.8) is 0 Å². The lowest BCUT2D eigenvalue weighted by molar-refractivity contribution is -0.0686. The molecule has 0 saturated heterocycles. The zero-order valence-corrected chi connectivity index (χ0v) is 15.2. The van der Waals surface area contributed by atoms with Gasteiger partial charge in [-0.15, -0.1) is 0 Å². The van der Waals surface area contributed by atoms with Gasteiger partial charge in [0, 0.05) is 16.3 Å². The minimum absolute atomic E-state index is 0.359. The van der Waals surface area contributed by atoms with Crippen molar-refractivity contribution in [1.29, 1.82) is 0 Å². The van der Waals surface area contributed by atoms with E-state index in [-0.39, 0.29) is 0 Å². The van der Waals surface area contributed by atoms with Crippen molar-refractivity contribution in [2.24, 2.45) is 0 Å². The van der Waals surface area contributed by atoms with Crippen molar-refractivity contribution in [2.45, 2.75) is 6.29 Å². The van der Waals surface area contributed by atoms with Gasteiger partial charge in [-0.3, -0.25) is 0 Å². The predicted molar refractivity (Wildman–Crippen MR) is 108 cm³/mol. The summed E-state index contributed by atoms with van der Waals surface area (Å²) in [6.07, 6.45) is -1.32. The van der Waals surface area contributed by atoms with Crippen LogP contribution in [0, 0.1) is 0 Å². The lowest BCUT2D eigenvalue weighted by atomic mass is 9.83. The standard InChI is InChI=1S/C24H10O6/c25-21-13-5-1-9-10-2-6-15-20-16(24(28)30-23(15)27)8-4-12(18(10)20)11-3-7-14(22(26)29-21)19(13)17(9)11/h1-8,21,25H. The van der Waals surface area contributed by atoms with Crippen molar-refractivity contribution in [1.82, 2.24) is 0 Å². The summed E-state index contributed by atoms with van der Waals surface area (Å²) in [6, 6.07) is 14.2. The first kappa shape index (κ1) is 15.8. The molecular weight excluding hydrogens is 384 g/mol. The minimum atomic E-state index is -1.32. The lowest BCUT2D eigenvalue weighted by Gasteiger charge is -2.25. The fourth-order valence-corrected chi connectivity index (χ4v) is 5.05. The Balaban J connectivity index is 1.81. The summed E-state index contributed by atoms with van der Waals surface area (Å²) in [5.41, 5.74) is 1.67. The molecule has 1 N–H and O–H groups in total. The Bertz CT molecular complexity index is 1590. The highest BCUT2D eigenvalue weighted by Gasteiger charge is 2.32. The molecule has 0 amide bonds. The summed E-state index contributed by atoms with van der Waals surface area (Å²) >= 11 is 0. The number of rotatable bonds is 0. The summed E-state index contributed by atoms with van der Waals surface area (Å²) in [5, 5.41) is 16.7. The first-order valence-corrected chi connectivity index (χ1v) is 9.40. The maximum absolute atomic E-state index is 12.4. The first-order valence-electron chi connectivity index (χ1n) is 9.40. The van der Waals surface area contributed by atoms with Crippen molar-refractivity contribution < 1.29 is 29.0 Å². The molecule has 0 fully saturated rings. The van der Waals surface area contributed by atoms with Crippen LogP contribution in [0.15, 0.2) is 48.5 Å². The third-order valence-electron chi connectivity index (χ3n) is 6.26. The number of fused-ring (bicyclic) bond motifs is 2. The Kier molecular flexibility index (Phi) is 2.60. The van der Waals surface area contributed by atoms with E-state index in [1.54, 1.807) is 24.3 Å². The van der Waals surface area contributed by atoms with Gasteiger partial charge in [-0.05, 0) is 50.5 Å². The Morgan fingerprint density at radius 1 is 0.567 bits per heavy atom. The van der Waals surface area contributed by atoms with Gasteiger partial charge in [0.1, 0.15) is 0 Å². The van der Waals surface area contributed by atoms with Gasteiger partial charge in [-0.25, -0.2) is 14.4 Å². The Labute approximate surface area is 167 Å². The van der Waals surface area contributed by atoms with E-state index in [9.17, 15) is 19.5 Å². The number of carbonyl (C=O) groups excluding carboxylic acids is 3. The second-order valence-electron chi connectivity index (χ2n) is 7.62. The number of benzene rings is 5. The van der Waals surface area contributed by atoms with E-state index in [1.807, 2.05) is 24.3 Å². The summed E-state index contributed by atoms with van der Waals surface area (Å²) in [4.78, 5) is 37.1. The van der Waals surface area contributed by atoms with Crippen molar-refractivity contribution in [2.75, 3.05) is 0 Å². The van der Waals surface area contributed by atoms with Gasteiger partial charge in [-0.2, -0.15) is 0 Å². The molecule has 2 aliphatic heterocycles. The molecule has 6 heteroatoms. The Morgan fingerprint density at radius 3 is 1.60 bits per heavy atom. The molecule has 2 aliphatic rings. The molecule has 5 aromatic rings. The SMILES string of the molecule is O=C1OC(=O)c2ccc3c4ccc5c6c(ccc(c7ccc1c2c73)c64)C(=O)OC5O. The first-order chi connectivity index (χ1) is 14.5. The van der Waals surface area contributed by atoms with E-state index in [1.165, 1.54) is 0 Å². The van der Waals surface area contributed by atoms with Gasteiger partial charge in [0.25, 0.3) is 0 Å². The van der Waals surface area contributed by atoms with Crippen molar-refractivity contribution >= 4 is 61.0 Å². The molecule has 0 spiro atoms. The molecule has 0 radical (unpaired) electrons. The second-order valence-corrected chi connectivity index (χ2v) is 7.62. The molecule has 6 nitrogen and oxygen atoms in total. The molecule has 7 rings (SSSR count). The molecule has 0 saturated carbocycles. The third-order valence-corrected chi connectivity index (χ3v) is 6.26. The maximum atomic E-state index is 12.4. The van der Waals surface area contributed by atoms with Crippen molar-refractivity contribution in [3.8, 4) is 0 Å². The molecule has 0 aromatic heterocycles. The average Bonchev–Trinajstić information content (AvgIpc) is 2.74. The molecule has 1 unspecified atom stereocenters. The van der Waals surface area contributed by atoms with E-state index < -0.39 is 24.2 Å². The molecule has 30 heavy (non-hydrogen) atoms. The Hall–Kier alpha value is -4.03. The normalized spacial score (nSPS) is 17.9. The van der Waals surface area contributed by atoms with Crippen LogP contribution in [0.5, 0.6) is 0 Å². The fraction of sp³-hybridized carbons (Fsp3) is 0.0417. The number of aliphatic hydroxyl groups is 1. The molecule has 142 valence electrons. The van der Waals surface area contributed by atoms with Gasteiger partial charge in [0.2, 0.25) is 6.29 Å². The predicted octanol–water partition coefficient (Wildman–Crippen LogP) is 4.21. The van der Waals surface area contributed by atoms with Crippen LogP contribution in [0.2, 0.25) is 0 Å². The van der Waals surface area contributed by atoms with Crippen LogP contribution >= 0.6 is 0 Å². The maximum Gasteiger partial charge on any atom is 0.346 e. The monoisotopic (exact) mass is 394 g/mol. The Morgan fingerprint density at radius 2 is 1.03 bits per heavy atom. The van der Waals surface area contributed by atoms with Gasteiger partial charge < -0.3 is 14.6 Å². The van der Waals surface area contributed by atoms with Gasteiger partial charge in [0.15, 0.2) is 0 Å². The van der Waals surface area contributed by atoms with Crippen LogP contribution in [0.3, 0.4) is 0 Å². The number of hydrogen-bond acceptors (Lipinski definition) is 6. The smallest absolute Gasteiger partial charge is 0.346 e. The number of cyclic esters (lactones) is 3. The molecule has 2 heterocycles. The van der Waals surface area contributed by atoms with Crippen LogP contribution < -0.4 is 0 Å². The highest BCUT2D eigenvalue weighted by Crippen LogP contribution is 2.46. The highest BCUT2D eigenvalue weighted by molar-refractivity contribution is 6.38. The largest absolute Gasteiger partial charge is 0.428 e. The third kappa shape index (κ3) is 1.63. The molecule has 1 atom stereocenters. The molecule has 0 bridgehead atoms. The number of carbonyl (C=O) groups is 3. The molecule has 0 aliphatic carbocycles. The van der Waals surface area contributed by atoms with Gasteiger partial charge in [-0.1, -0.05) is 30.3 Å². The topological polar surface area (TPSA) is 89.9 Å².